The third kappa shape index (κ3) is 6.58. The minimum absolute atomic E-state index is 0.759. The molecule has 0 saturated heterocycles. The van der Waals surface area contributed by atoms with Crippen molar-refractivity contribution >= 4 is 6.21 Å². The highest BCUT2D eigenvalue weighted by molar-refractivity contribution is 5.63. The molecule has 0 aliphatic heterocycles. The fourth-order valence-electron chi connectivity index (χ4n) is 1.20. The van der Waals surface area contributed by atoms with Crippen molar-refractivity contribution in [3.8, 4) is 0 Å². The van der Waals surface area contributed by atoms with Crippen molar-refractivity contribution in [3.63, 3.8) is 0 Å². The number of aliphatic hydroxyl groups is 4. The van der Waals surface area contributed by atoms with E-state index in [-0.39, 0.29) is 0 Å². The van der Waals surface area contributed by atoms with Gasteiger partial charge in [-0.3, -0.25) is 0 Å². The Balaban J connectivity index is 4.14. The van der Waals surface area contributed by atoms with Gasteiger partial charge < -0.3 is 25.4 Å². The van der Waals surface area contributed by atoms with Gasteiger partial charge >= 0.3 is 0 Å². The molecule has 0 bridgehead atoms. The number of unbranched alkanes of at least 4 members (excludes halogenated alkanes) is 1. The van der Waals surface area contributed by atoms with Gasteiger partial charge in [0.25, 0.3) is 0 Å². The average molecular weight is 248 g/mol. The van der Waals surface area contributed by atoms with E-state index in [0.717, 1.165) is 25.6 Å². The monoisotopic (exact) mass is 248 g/mol. The lowest BCUT2D eigenvalue weighted by molar-refractivity contribution is -0.0822. The Kier molecular flexibility index (Phi) is 8.07. The predicted molar refractivity (Wildman–Crippen MR) is 65.7 cm³/mol. The highest BCUT2D eigenvalue weighted by Gasteiger charge is 2.26. The van der Waals surface area contributed by atoms with Crippen LogP contribution in [-0.2, 0) is 0 Å². The van der Waals surface area contributed by atoms with Crippen molar-refractivity contribution in [2.24, 2.45) is 5.10 Å². The summed E-state index contributed by atoms with van der Waals surface area (Å²) >= 11 is 0. The normalized spacial score (nSPS) is 19.0. The maximum absolute atomic E-state index is 9.51. The summed E-state index contributed by atoms with van der Waals surface area (Å²) < 4.78 is 0. The molecular formula is C11H24N2O4. The molecular weight excluding hydrogens is 224 g/mol. The molecule has 6 heteroatoms. The molecule has 0 amide bonds. The lowest BCUT2D eigenvalue weighted by atomic mass is 10.1. The van der Waals surface area contributed by atoms with Gasteiger partial charge in [0.15, 0.2) is 0 Å². The fraction of sp³-hybridized carbons (Fsp3) is 0.909. The molecule has 4 N–H and O–H groups in total. The van der Waals surface area contributed by atoms with Crippen LogP contribution in [0.25, 0.3) is 0 Å². The third-order valence-corrected chi connectivity index (χ3v) is 2.45. The van der Waals surface area contributed by atoms with E-state index in [4.69, 9.17) is 5.11 Å². The van der Waals surface area contributed by atoms with E-state index in [2.05, 4.69) is 12.0 Å². The summed E-state index contributed by atoms with van der Waals surface area (Å²) in [5.74, 6) is 0. The lowest BCUT2D eigenvalue weighted by Crippen LogP contribution is -2.44. The second-order valence-corrected chi connectivity index (χ2v) is 4.21. The first-order valence-corrected chi connectivity index (χ1v) is 5.87. The Hall–Kier alpha value is -0.690. The molecule has 0 radical (unpaired) electrons. The summed E-state index contributed by atoms with van der Waals surface area (Å²) in [5.41, 5.74) is 0. The number of aliphatic hydroxyl groups excluding tert-OH is 4. The van der Waals surface area contributed by atoms with Gasteiger partial charge in [-0.1, -0.05) is 13.3 Å². The van der Waals surface area contributed by atoms with Gasteiger partial charge in [-0.15, -0.1) is 0 Å². The molecule has 0 aromatic carbocycles. The number of nitrogens with zero attached hydrogens (tertiary/aromatic N) is 2. The van der Waals surface area contributed by atoms with Crippen molar-refractivity contribution in [2.45, 2.75) is 51.1 Å². The van der Waals surface area contributed by atoms with Gasteiger partial charge in [0.1, 0.15) is 18.3 Å². The largest absolute Gasteiger partial charge is 0.391 e. The summed E-state index contributed by atoms with van der Waals surface area (Å²) in [6.07, 6.45) is -2.05. The molecule has 4 atom stereocenters. The maximum atomic E-state index is 9.51. The quantitative estimate of drug-likeness (QED) is 0.332. The minimum Gasteiger partial charge on any atom is -0.391 e. The van der Waals surface area contributed by atoms with E-state index >= 15 is 0 Å². The lowest BCUT2D eigenvalue weighted by Gasteiger charge is -2.22. The van der Waals surface area contributed by atoms with Crippen molar-refractivity contribution in [2.75, 3.05) is 13.6 Å². The van der Waals surface area contributed by atoms with Gasteiger partial charge in [-0.05, 0) is 13.3 Å². The molecule has 102 valence electrons. The van der Waals surface area contributed by atoms with Crippen LogP contribution < -0.4 is 0 Å². The van der Waals surface area contributed by atoms with Crippen LogP contribution in [0, 0.1) is 0 Å². The Morgan fingerprint density at radius 3 is 2.24 bits per heavy atom. The first-order chi connectivity index (χ1) is 7.90. The van der Waals surface area contributed by atoms with Gasteiger partial charge in [-0.25, -0.2) is 0 Å². The minimum atomic E-state index is -1.45. The number of rotatable bonds is 8. The molecule has 0 unspecified atom stereocenters. The topological polar surface area (TPSA) is 96.5 Å². The van der Waals surface area contributed by atoms with E-state index in [1.807, 2.05) is 0 Å². The highest BCUT2D eigenvalue weighted by Crippen LogP contribution is 2.03. The molecule has 6 nitrogen and oxygen atoms in total. The molecule has 17 heavy (non-hydrogen) atoms. The van der Waals surface area contributed by atoms with E-state index in [1.165, 1.54) is 6.92 Å². The van der Waals surface area contributed by atoms with Crippen molar-refractivity contribution in [1.29, 1.82) is 0 Å². The predicted octanol–water partition coefficient (Wildman–Crippen LogP) is -0.832. The number of hydrogen-bond donors (Lipinski definition) is 4. The van der Waals surface area contributed by atoms with E-state index < -0.39 is 24.4 Å². The standard InChI is InChI=1S/C11H24N2O4/c1-4-5-6-13(3)12-7-9(15)11(17)10(16)8(2)14/h7-11,14-17H,4-6H2,1-3H3/t8-,9-,10-,11-/m1/s1. The van der Waals surface area contributed by atoms with Crippen LogP contribution in [0.15, 0.2) is 5.10 Å². The second-order valence-electron chi connectivity index (χ2n) is 4.21. The van der Waals surface area contributed by atoms with Crippen LogP contribution in [0.1, 0.15) is 26.7 Å². The van der Waals surface area contributed by atoms with Gasteiger partial charge in [0.05, 0.1) is 12.3 Å². The van der Waals surface area contributed by atoms with Gasteiger partial charge in [-0.2, -0.15) is 5.10 Å². The smallest absolute Gasteiger partial charge is 0.119 e. The van der Waals surface area contributed by atoms with Gasteiger partial charge in [0, 0.05) is 13.6 Å². The molecule has 0 aromatic heterocycles. The van der Waals surface area contributed by atoms with Gasteiger partial charge in [0.2, 0.25) is 0 Å². The highest BCUT2D eigenvalue weighted by atomic mass is 16.4. The Bertz CT molecular complexity index is 224. The van der Waals surface area contributed by atoms with Crippen LogP contribution in [0.3, 0.4) is 0 Å². The molecule has 0 aliphatic carbocycles. The van der Waals surface area contributed by atoms with Crippen molar-refractivity contribution in [1.82, 2.24) is 5.01 Å². The Morgan fingerprint density at radius 1 is 1.18 bits per heavy atom. The Labute approximate surface area is 102 Å². The van der Waals surface area contributed by atoms with E-state index in [1.54, 1.807) is 12.1 Å². The summed E-state index contributed by atoms with van der Waals surface area (Å²) in [7, 11) is 1.76. The van der Waals surface area contributed by atoms with Crippen LogP contribution in [0.5, 0.6) is 0 Å². The van der Waals surface area contributed by atoms with Crippen molar-refractivity contribution in [3.05, 3.63) is 0 Å². The van der Waals surface area contributed by atoms with Crippen LogP contribution in [0.4, 0.5) is 0 Å². The zero-order chi connectivity index (χ0) is 13.4. The zero-order valence-electron chi connectivity index (χ0n) is 10.7. The molecule has 0 spiro atoms. The summed E-state index contributed by atoms with van der Waals surface area (Å²) in [6, 6.07) is 0. The first kappa shape index (κ1) is 16.3. The number of hydrazone groups is 1. The average Bonchev–Trinajstić information content (AvgIpc) is 2.31. The molecule has 0 saturated carbocycles. The summed E-state index contributed by atoms with van der Waals surface area (Å²) in [6.45, 7) is 4.16. The van der Waals surface area contributed by atoms with Crippen LogP contribution in [-0.4, -0.2) is 69.7 Å². The second kappa shape index (κ2) is 8.41. The van der Waals surface area contributed by atoms with E-state index in [9.17, 15) is 15.3 Å². The third-order valence-electron chi connectivity index (χ3n) is 2.45. The fourth-order valence-corrected chi connectivity index (χ4v) is 1.20. The molecule has 0 fully saturated rings. The Morgan fingerprint density at radius 2 is 1.76 bits per heavy atom. The SMILES string of the molecule is CCCCN(C)N=C[C@@H](O)[C@@H](O)[C@H](O)[C@@H](C)O. The van der Waals surface area contributed by atoms with Crippen LogP contribution >= 0.6 is 0 Å². The zero-order valence-corrected chi connectivity index (χ0v) is 10.7. The van der Waals surface area contributed by atoms with Crippen molar-refractivity contribution < 1.29 is 20.4 Å². The molecule has 0 aromatic rings. The molecule has 0 rings (SSSR count). The first-order valence-electron chi connectivity index (χ1n) is 5.87. The number of hydrogen-bond acceptors (Lipinski definition) is 6. The van der Waals surface area contributed by atoms with Crippen LogP contribution in [0.2, 0.25) is 0 Å². The summed E-state index contributed by atoms with van der Waals surface area (Å²) in [5, 5.41) is 43.0. The molecule has 0 heterocycles. The summed E-state index contributed by atoms with van der Waals surface area (Å²) in [4.78, 5) is 0. The molecule has 0 aliphatic rings. The van der Waals surface area contributed by atoms with E-state index in [0.29, 0.717) is 0 Å². The maximum Gasteiger partial charge on any atom is 0.119 e.